The Morgan fingerprint density at radius 1 is 1.18 bits per heavy atom. The molecule has 0 saturated heterocycles. The van der Waals surface area contributed by atoms with Crippen LogP contribution in [0.1, 0.15) is 53.9 Å². The number of hydrogen-bond donors (Lipinski definition) is 1. The molecule has 0 fully saturated rings. The number of carbonyl (C=O) groups excluding carboxylic acids is 1. The van der Waals surface area contributed by atoms with Crippen LogP contribution in [-0.4, -0.2) is 12.5 Å². The van der Waals surface area contributed by atoms with Gasteiger partial charge < -0.3 is 5.32 Å². The Balaban J connectivity index is 3.70. The van der Waals surface area contributed by atoms with Crippen molar-refractivity contribution in [2.45, 2.75) is 53.9 Å². The summed E-state index contributed by atoms with van der Waals surface area (Å²) in [6.07, 6.45) is 3.41. The number of carbonyl (C=O) groups is 1. The second-order valence-corrected chi connectivity index (χ2v) is 5.64. The molecule has 0 spiro atoms. The highest BCUT2D eigenvalue weighted by atomic mass is 16.1. The molecule has 17 heavy (non-hydrogen) atoms. The van der Waals surface area contributed by atoms with Crippen molar-refractivity contribution in [2.75, 3.05) is 6.54 Å². The van der Waals surface area contributed by atoms with Crippen molar-refractivity contribution in [1.29, 1.82) is 0 Å². The van der Waals surface area contributed by atoms with Gasteiger partial charge in [-0.2, -0.15) is 0 Å². The van der Waals surface area contributed by atoms with E-state index in [-0.39, 0.29) is 11.8 Å². The largest absolute Gasteiger partial charge is 0.356 e. The van der Waals surface area contributed by atoms with Crippen molar-refractivity contribution in [3.05, 3.63) is 12.2 Å². The van der Waals surface area contributed by atoms with Gasteiger partial charge in [-0.15, -0.1) is 0 Å². The minimum Gasteiger partial charge on any atom is -0.356 e. The molecule has 0 aromatic heterocycles. The van der Waals surface area contributed by atoms with Gasteiger partial charge in [-0.3, -0.25) is 4.79 Å². The lowest BCUT2D eigenvalue weighted by Crippen LogP contribution is -2.28. The first kappa shape index (κ1) is 16.2. The average molecular weight is 239 g/mol. The lowest BCUT2D eigenvalue weighted by atomic mass is 9.85. The molecule has 0 radical (unpaired) electrons. The third-order valence-corrected chi connectivity index (χ3v) is 3.20. The fraction of sp³-hybridized carbons (Fsp3) is 0.800. The van der Waals surface area contributed by atoms with Crippen LogP contribution >= 0.6 is 0 Å². The summed E-state index contributed by atoms with van der Waals surface area (Å²) in [5, 5.41) is 2.95. The van der Waals surface area contributed by atoms with Crippen LogP contribution in [0, 0.1) is 17.8 Å². The van der Waals surface area contributed by atoms with Gasteiger partial charge in [-0.05, 0) is 31.6 Å². The number of unbranched alkanes of at least 4 members (excludes halogenated alkanes) is 1. The van der Waals surface area contributed by atoms with E-state index in [0.29, 0.717) is 11.8 Å². The van der Waals surface area contributed by atoms with Gasteiger partial charge in [0.1, 0.15) is 0 Å². The fourth-order valence-corrected chi connectivity index (χ4v) is 2.05. The molecule has 0 heterocycles. The highest BCUT2D eigenvalue weighted by Gasteiger charge is 2.13. The Labute approximate surface area is 107 Å². The van der Waals surface area contributed by atoms with Crippen molar-refractivity contribution in [1.82, 2.24) is 5.32 Å². The smallest absolute Gasteiger partial charge is 0.222 e. The molecule has 2 nitrogen and oxygen atoms in total. The van der Waals surface area contributed by atoms with E-state index in [4.69, 9.17) is 0 Å². The SMILES string of the molecule is C=C(C)C(CCCCNC(=O)C(C)C)C(C)C. The van der Waals surface area contributed by atoms with Crippen LogP contribution in [0.3, 0.4) is 0 Å². The second-order valence-electron chi connectivity index (χ2n) is 5.64. The Hall–Kier alpha value is -0.790. The quantitative estimate of drug-likeness (QED) is 0.507. The molecule has 0 aliphatic carbocycles. The van der Waals surface area contributed by atoms with Gasteiger partial charge in [0.25, 0.3) is 0 Å². The molecule has 1 unspecified atom stereocenters. The van der Waals surface area contributed by atoms with E-state index < -0.39 is 0 Å². The number of allylic oxidation sites excluding steroid dienone is 1. The van der Waals surface area contributed by atoms with Gasteiger partial charge in [0.15, 0.2) is 0 Å². The standard InChI is InChI=1S/C15H29NO/c1-11(2)14(12(3)4)9-7-8-10-16-15(17)13(5)6/h12-14H,1,7-10H2,2-6H3,(H,16,17). The molecular formula is C15H29NO. The van der Waals surface area contributed by atoms with Crippen molar-refractivity contribution < 1.29 is 4.79 Å². The Kier molecular flexibility index (Phi) is 7.94. The summed E-state index contributed by atoms with van der Waals surface area (Å²) < 4.78 is 0. The molecule has 0 rings (SSSR count). The topological polar surface area (TPSA) is 29.1 Å². The zero-order valence-electron chi connectivity index (χ0n) is 12.2. The Bertz CT molecular complexity index is 243. The molecular weight excluding hydrogens is 210 g/mol. The van der Waals surface area contributed by atoms with Gasteiger partial charge in [0.05, 0.1) is 0 Å². The lowest BCUT2D eigenvalue weighted by molar-refractivity contribution is -0.123. The first-order valence-electron chi connectivity index (χ1n) is 6.79. The van der Waals surface area contributed by atoms with Crippen molar-refractivity contribution in [3.8, 4) is 0 Å². The maximum atomic E-state index is 11.3. The molecule has 0 saturated carbocycles. The van der Waals surface area contributed by atoms with E-state index in [2.05, 4.69) is 32.7 Å². The number of rotatable bonds is 8. The summed E-state index contributed by atoms with van der Waals surface area (Å²) in [5.41, 5.74) is 1.28. The van der Waals surface area contributed by atoms with Gasteiger partial charge >= 0.3 is 0 Å². The van der Waals surface area contributed by atoms with E-state index in [0.717, 1.165) is 19.4 Å². The molecule has 0 bridgehead atoms. The van der Waals surface area contributed by atoms with E-state index in [1.807, 2.05) is 13.8 Å². The van der Waals surface area contributed by atoms with Crippen LogP contribution in [0.2, 0.25) is 0 Å². The summed E-state index contributed by atoms with van der Waals surface area (Å²) >= 11 is 0. The molecule has 0 aromatic rings. The molecule has 2 heteroatoms. The minimum absolute atomic E-state index is 0.0915. The predicted molar refractivity (Wildman–Crippen MR) is 74.8 cm³/mol. The monoisotopic (exact) mass is 239 g/mol. The summed E-state index contributed by atoms with van der Waals surface area (Å²) in [6, 6.07) is 0. The van der Waals surface area contributed by atoms with E-state index in [1.54, 1.807) is 0 Å². The van der Waals surface area contributed by atoms with Crippen molar-refractivity contribution in [2.24, 2.45) is 17.8 Å². The number of nitrogens with one attached hydrogen (secondary N) is 1. The van der Waals surface area contributed by atoms with Crippen LogP contribution in [0.15, 0.2) is 12.2 Å². The molecule has 0 aromatic carbocycles. The summed E-state index contributed by atoms with van der Waals surface area (Å²) in [5.74, 6) is 1.53. The van der Waals surface area contributed by atoms with Crippen molar-refractivity contribution in [3.63, 3.8) is 0 Å². The zero-order valence-corrected chi connectivity index (χ0v) is 12.2. The fourth-order valence-electron chi connectivity index (χ4n) is 2.05. The number of amides is 1. The van der Waals surface area contributed by atoms with Crippen molar-refractivity contribution >= 4 is 5.91 Å². The maximum absolute atomic E-state index is 11.3. The molecule has 1 amide bonds. The maximum Gasteiger partial charge on any atom is 0.222 e. The van der Waals surface area contributed by atoms with Crippen LogP contribution < -0.4 is 5.32 Å². The predicted octanol–water partition coefficient (Wildman–Crippen LogP) is 3.78. The highest BCUT2D eigenvalue weighted by molar-refractivity contribution is 5.77. The minimum atomic E-state index is 0.0915. The molecule has 1 atom stereocenters. The van der Waals surface area contributed by atoms with Crippen LogP contribution in [0.5, 0.6) is 0 Å². The van der Waals surface area contributed by atoms with Gasteiger partial charge in [-0.25, -0.2) is 0 Å². The third-order valence-electron chi connectivity index (χ3n) is 3.20. The molecule has 1 N–H and O–H groups in total. The van der Waals surface area contributed by atoms with Crippen LogP contribution in [-0.2, 0) is 4.79 Å². The first-order valence-corrected chi connectivity index (χ1v) is 6.79. The van der Waals surface area contributed by atoms with Gasteiger partial charge in [0, 0.05) is 12.5 Å². The Morgan fingerprint density at radius 3 is 2.18 bits per heavy atom. The van der Waals surface area contributed by atoms with E-state index in [9.17, 15) is 4.79 Å². The summed E-state index contributed by atoms with van der Waals surface area (Å²) in [4.78, 5) is 11.3. The summed E-state index contributed by atoms with van der Waals surface area (Å²) in [7, 11) is 0. The van der Waals surface area contributed by atoms with Gasteiger partial charge in [-0.1, -0.05) is 46.3 Å². The average Bonchev–Trinajstić information content (AvgIpc) is 2.21. The number of hydrogen-bond acceptors (Lipinski definition) is 1. The molecule has 0 aliphatic rings. The normalized spacial score (nSPS) is 12.9. The second kappa shape index (κ2) is 8.32. The highest BCUT2D eigenvalue weighted by Crippen LogP contribution is 2.24. The zero-order chi connectivity index (χ0) is 13.4. The summed E-state index contributed by atoms with van der Waals surface area (Å²) in [6.45, 7) is 15.3. The third kappa shape index (κ3) is 7.19. The van der Waals surface area contributed by atoms with Gasteiger partial charge in [0.2, 0.25) is 5.91 Å². The first-order chi connectivity index (χ1) is 7.86. The van der Waals surface area contributed by atoms with Crippen LogP contribution in [0.4, 0.5) is 0 Å². The molecule has 100 valence electrons. The van der Waals surface area contributed by atoms with E-state index >= 15 is 0 Å². The lowest BCUT2D eigenvalue weighted by Gasteiger charge is -2.21. The molecule has 0 aliphatic heterocycles. The van der Waals surface area contributed by atoms with Crippen LogP contribution in [0.25, 0.3) is 0 Å². The van der Waals surface area contributed by atoms with E-state index in [1.165, 1.54) is 12.0 Å². The Morgan fingerprint density at radius 2 is 1.76 bits per heavy atom.